The first-order chi connectivity index (χ1) is 5.35. The number of nitrogens with zero attached hydrogens (tertiary/aromatic N) is 1. The van der Waals surface area contributed by atoms with Gasteiger partial charge in [0.05, 0.1) is 12.4 Å². The lowest BCUT2D eigenvalue weighted by Gasteiger charge is -2.05. The summed E-state index contributed by atoms with van der Waals surface area (Å²) >= 11 is 0. The van der Waals surface area contributed by atoms with Crippen molar-refractivity contribution in [3.05, 3.63) is 0 Å². The largest absolute Gasteiger partial charge is 0.390 e. The van der Waals surface area contributed by atoms with Gasteiger partial charge in [-0.15, -0.1) is 0 Å². The maximum Gasteiger partial charge on any atom is 0.0801 e. The summed E-state index contributed by atoms with van der Waals surface area (Å²) in [5.74, 6) is 0. The molecule has 0 aromatic carbocycles. The molecule has 0 heterocycles. The molecule has 1 unspecified atom stereocenters. The van der Waals surface area contributed by atoms with Gasteiger partial charge >= 0.3 is 0 Å². The summed E-state index contributed by atoms with van der Waals surface area (Å²) in [6.07, 6.45) is 4.85. The van der Waals surface area contributed by atoms with Crippen molar-refractivity contribution in [1.29, 1.82) is 0 Å². The third-order valence-corrected chi connectivity index (χ3v) is 1.39. The Kier molecular flexibility index (Phi) is 14.4. The number of hydrogen-bond donors (Lipinski definition) is 2. The summed E-state index contributed by atoms with van der Waals surface area (Å²) < 4.78 is 0. The van der Waals surface area contributed by atoms with E-state index in [-0.39, 0.29) is 0 Å². The Bertz CT molecular complexity index is 81.4. The molecular weight excluding hydrogens is 138 g/mol. The van der Waals surface area contributed by atoms with Crippen LogP contribution >= 0.6 is 0 Å². The van der Waals surface area contributed by atoms with E-state index in [9.17, 15) is 0 Å². The molecule has 0 amide bonds. The van der Waals surface area contributed by atoms with Crippen LogP contribution in [-0.2, 0) is 0 Å². The highest BCUT2D eigenvalue weighted by Crippen LogP contribution is 2.03. The third-order valence-electron chi connectivity index (χ3n) is 1.39. The van der Waals surface area contributed by atoms with Gasteiger partial charge in [-0.2, -0.15) is 0 Å². The molecule has 0 aromatic rings. The lowest BCUT2D eigenvalue weighted by Crippen LogP contribution is -2.04. The molecule has 3 heteroatoms. The van der Waals surface area contributed by atoms with E-state index < -0.39 is 0 Å². The molecule has 0 aliphatic carbocycles. The second-order valence-electron chi connectivity index (χ2n) is 2.15. The predicted octanol–water partition coefficient (Wildman–Crippen LogP) is 1.13. The molecule has 0 fully saturated rings. The van der Waals surface area contributed by atoms with E-state index in [1.165, 1.54) is 19.8 Å². The van der Waals surface area contributed by atoms with E-state index in [0.717, 1.165) is 12.8 Å². The minimum absolute atomic E-state index is 0.458. The van der Waals surface area contributed by atoms with Crippen molar-refractivity contribution in [2.45, 2.75) is 39.2 Å². The fraction of sp³-hybridized carbons (Fsp3) is 0.875. The highest BCUT2D eigenvalue weighted by atomic mass is 14.8. The lowest BCUT2D eigenvalue weighted by atomic mass is 10.1. The van der Waals surface area contributed by atoms with Gasteiger partial charge in [-0.3, -0.25) is 4.99 Å². The molecule has 0 aliphatic rings. The highest BCUT2D eigenvalue weighted by Gasteiger charge is 1.98. The fourth-order valence-electron chi connectivity index (χ4n) is 0.839. The zero-order valence-electron chi connectivity index (χ0n) is 7.88. The van der Waals surface area contributed by atoms with Crippen LogP contribution in [0.1, 0.15) is 33.1 Å². The average Bonchev–Trinajstić information content (AvgIpc) is 2.08. The predicted molar refractivity (Wildman–Crippen MR) is 51.8 cm³/mol. The fourth-order valence-corrected chi connectivity index (χ4v) is 0.839. The van der Waals surface area contributed by atoms with E-state index in [2.05, 4.69) is 24.6 Å². The quantitative estimate of drug-likeness (QED) is 0.477. The molecular formula is C8H21N3. The van der Waals surface area contributed by atoms with Crippen molar-refractivity contribution < 1.29 is 0 Å². The summed E-state index contributed by atoms with van der Waals surface area (Å²) in [5, 5.41) is 0. The van der Waals surface area contributed by atoms with Crippen LogP contribution in [0.4, 0.5) is 0 Å². The first-order valence-corrected chi connectivity index (χ1v) is 4.16. The molecule has 0 rings (SSSR count). The normalized spacial score (nSPS) is 12.4. The van der Waals surface area contributed by atoms with E-state index in [1.807, 2.05) is 0 Å². The van der Waals surface area contributed by atoms with Crippen molar-refractivity contribution in [3.63, 3.8) is 0 Å². The van der Waals surface area contributed by atoms with Gasteiger partial charge in [0.1, 0.15) is 0 Å². The van der Waals surface area contributed by atoms with Gasteiger partial charge in [0.25, 0.3) is 0 Å². The molecule has 1 atom stereocenters. The monoisotopic (exact) mass is 159 g/mol. The van der Waals surface area contributed by atoms with Gasteiger partial charge < -0.3 is 11.5 Å². The van der Waals surface area contributed by atoms with E-state index in [1.54, 1.807) is 0 Å². The number of nitrogens with two attached hydrogens (primary N) is 2. The van der Waals surface area contributed by atoms with Gasteiger partial charge in [-0.1, -0.05) is 20.3 Å². The summed E-state index contributed by atoms with van der Waals surface area (Å²) in [6.45, 7) is 4.29. The van der Waals surface area contributed by atoms with Crippen LogP contribution in [0.5, 0.6) is 0 Å². The standard InChI is InChI=1S/C7H16N2.CH5N/c1-3-5-7(4-2)9-6-8;1-2/h6-7H,3-5H2,1-2H3,(H2,8,9);2H2,1H3. The molecule has 0 bridgehead atoms. The second-order valence-corrected chi connectivity index (χ2v) is 2.15. The van der Waals surface area contributed by atoms with E-state index in [4.69, 9.17) is 5.73 Å². The van der Waals surface area contributed by atoms with E-state index >= 15 is 0 Å². The van der Waals surface area contributed by atoms with Crippen LogP contribution in [0.25, 0.3) is 0 Å². The zero-order chi connectivity index (χ0) is 9.11. The second kappa shape index (κ2) is 12.1. The summed E-state index contributed by atoms with van der Waals surface area (Å²) in [5.41, 5.74) is 9.64. The van der Waals surface area contributed by atoms with Crippen LogP contribution in [-0.4, -0.2) is 19.4 Å². The molecule has 4 N–H and O–H groups in total. The summed E-state index contributed by atoms with van der Waals surface area (Å²) in [7, 11) is 1.50. The number of rotatable bonds is 4. The Morgan fingerprint density at radius 2 is 1.91 bits per heavy atom. The minimum atomic E-state index is 0.458. The molecule has 0 radical (unpaired) electrons. The smallest absolute Gasteiger partial charge is 0.0801 e. The highest BCUT2D eigenvalue weighted by molar-refractivity contribution is 5.51. The first-order valence-electron chi connectivity index (χ1n) is 4.16. The summed E-state index contributed by atoms with van der Waals surface area (Å²) in [6, 6.07) is 0.458. The number of aliphatic imine (C=N–C) groups is 1. The minimum Gasteiger partial charge on any atom is -0.390 e. The van der Waals surface area contributed by atoms with Crippen LogP contribution in [0.3, 0.4) is 0 Å². The molecule has 11 heavy (non-hydrogen) atoms. The van der Waals surface area contributed by atoms with Crippen LogP contribution in [0.15, 0.2) is 4.99 Å². The Labute approximate surface area is 69.9 Å². The van der Waals surface area contributed by atoms with Gasteiger partial charge in [0.2, 0.25) is 0 Å². The van der Waals surface area contributed by atoms with Gasteiger partial charge in [0.15, 0.2) is 0 Å². The van der Waals surface area contributed by atoms with Crippen molar-refractivity contribution in [1.82, 2.24) is 0 Å². The Hall–Kier alpha value is -0.570. The lowest BCUT2D eigenvalue weighted by molar-refractivity contribution is 0.590. The van der Waals surface area contributed by atoms with Crippen molar-refractivity contribution in [2.24, 2.45) is 16.5 Å². The van der Waals surface area contributed by atoms with Crippen LogP contribution in [0.2, 0.25) is 0 Å². The Morgan fingerprint density at radius 1 is 1.36 bits per heavy atom. The van der Waals surface area contributed by atoms with Crippen molar-refractivity contribution in [2.75, 3.05) is 7.05 Å². The Morgan fingerprint density at radius 3 is 2.18 bits per heavy atom. The topological polar surface area (TPSA) is 64.4 Å². The summed E-state index contributed by atoms with van der Waals surface area (Å²) in [4.78, 5) is 4.09. The van der Waals surface area contributed by atoms with Crippen molar-refractivity contribution >= 4 is 6.34 Å². The number of hydrogen-bond acceptors (Lipinski definition) is 2. The first kappa shape index (κ1) is 13.1. The molecule has 0 aliphatic heterocycles. The Balaban J connectivity index is 0. The molecule has 3 nitrogen and oxygen atoms in total. The molecule has 0 aromatic heterocycles. The van der Waals surface area contributed by atoms with Crippen molar-refractivity contribution in [3.8, 4) is 0 Å². The maximum absolute atomic E-state index is 5.14. The molecule has 0 spiro atoms. The van der Waals surface area contributed by atoms with Gasteiger partial charge in [0, 0.05) is 0 Å². The maximum atomic E-state index is 5.14. The van der Waals surface area contributed by atoms with Gasteiger partial charge in [-0.25, -0.2) is 0 Å². The zero-order valence-corrected chi connectivity index (χ0v) is 7.88. The van der Waals surface area contributed by atoms with Gasteiger partial charge in [-0.05, 0) is 19.9 Å². The molecule has 0 saturated carbocycles. The SMILES string of the molecule is CCCC(CC)N=CN.CN. The molecule has 0 saturated heterocycles. The molecule has 68 valence electrons. The van der Waals surface area contributed by atoms with Crippen LogP contribution < -0.4 is 11.5 Å². The third kappa shape index (κ3) is 9.43. The van der Waals surface area contributed by atoms with E-state index in [0.29, 0.717) is 6.04 Å². The van der Waals surface area contributed by atoms with Crippen LogP contribution in [0, 0.1) is 0 Å². The average molecular weight is 159 g/mol.